The predicted molar refractivity (Wildman–Crippen MR) is 115 cm³/mol. The Bertz CT molecular complexity index is 677. The minimum atomic E-state index is 0. The lowest BCUT2D eigenvalue weighted by molar-refractivity contribution is 0.326. The average molecular weight is 494 g/mol. The number of benzene rings is 1. The maximum absolute atomic E-state index is 6.08. The fourth-order valence-corrected chi connectivity index (χ4v) is 3.36. The van der Waals surface area contributed by atoms with Crippen LogP contribution in [0.3, 0.4) is 0 Å². The van der Waals surface area contributed by atoms with E-state index in [9.17, 15) is 0 Å². The van der Waals surface area contributed by atoms with Crippen LogP contribution in [0.1, 0.15) is 0 Å². The van der Waals surface area contributed by atoms with Crippen molar-refractivity contribution in [2.24, 2.45) is 10.7 Å². The fraction of sp³-hybridized carbons (Fsp3) is 0.375. The molecular formula is C16H21ClIN5OS. The van der Waals surface area contributed by atoms with Crippen LogP contribution in [0.15, 0.2) is 40.8 Å². The van der Waals surface area contributed by atoms with E-state index in [2.05, 4.69) is 19.8 Å². The third-order valence-electron chi connectivity index (χ3n) is 3.75. The first kappa shape index (κ1) is 20.1. The van der Waals surface area contributed by atoms with Crippen LogP contribution in [-0.4, -0.2) is 55.2 Å². The quantitative estimate of drug-likeness (QED) is 0.300. The first-order valence-electron chi connectivity index (χ1n) is 7.80. The molecule has 0 spiro atoms. The maximum atomic E-state index is 6.08. The number of anilines is 1. The molecule has 1 fully saturated rings. The highest BCUT2D eigenvalue weighted by Crippen LogP contribution is 2.22. The van der Waals surface area contributed by atoms with Gasteiger partial charge in [0.25, 0.3) is 0 Å². The molecule has 136 valence electrons. The van der Waals surface area contributed by atoms with Crippen molar-refractivity contribution in [2.75, 3.05) is 44.2 Å². The number of aromatic nitrogens is 1. The summed E-state index contributed by atoms with van der Waals surface area (Å²) in [6.45, 7) is 4.45. The fourth-order valence-electron chi connectivity index (χ4n) is 2.48. The molecule has 3 rings (SSSR count). The molecule has 1 aromatic carbocycles. The Morgan fingerprint density at radius 2 is 2.04 bits per heavy atom. The number of guanidine groups is 1. The molecule has 1 aliphatic rings. The average Bonchev–Trinajstić information content (AvgIpc) is 3.15. The first-order valence-corrected chi connectivity index (χ1v) is 9.06. The lowest BCUT2D eigenvalue weighted by Crippen LogP contribution is -2.51. The number of hydrogen-bond donors (Lipinski definition) is 1. The van der Waals surface area contributed by atoms with Crippen molar-refractivity contribution in [2.45, 2.75) is 0 Å². The number of thiazole rings is 1. The van der Waals surface area contributed by atoms with Gasteiger partial charge < -0.3 is 20.3 Å². The van der Waals surface area contributed by atoms with Crippen molar-refractivity contribution < 1.29 is 4.74 Å². The largest absolute Gasteiger partial charge is 0.490 e. The van der Waals surface area contributed by atoms with E-state index in [1.165, 1.54) is 0 Å². The van der Waals surface area contributed by atoms with Gasteiger partial charge in [0.15, 0.2) is 11.1 Å². The van der Waals surface area contributed by atoms with Gasteiger partial charge in [0, 0.05) is 37.8 Å². The van der Waals surface area contributed by atoms with Crippen LogP contribution >= 0.6 is 46.9 Å². The molecule has 1 aliphatic heterocycles. The molecule has 0 unspecified atom stereocenters. The Kier molecular flexibility index (Phi) is 8.04. The number of hydrogen-bond acceptors (Lipinski definition) is 5. The van der Waals surface area contributed by atoms with Crippen molar-refractivity contribution in [3.05, 3.63) is 40.9 Å². The molecule has 1 saturated heterocycles. The topological polar surface area (TPSA) is 67.0 Å². The molecule has 2 heterocycles. The van der Waals surface area contributed by atoms with E-state index < -0.39 is 0 Å². The lowest BCUT2D eigenvalue weighted by atomic mass is 10.3. The normalized spacial score (nSPS) is 15.0. The van der Waals surface area contributed by atoms with Crippen LogP contribution in [0.5, 0.6) is 5.75 Å². The molecule has 2 aromatic rings. The summed E-state index contributed by atoms with van der Waals surface area (Å²) in [6, 6.07) is 7.40. The van der Waals surface area contributed by atoms with Crippen molar-refractivity contribution in [3.8, 4) is 5.75 Å². The molecule has 0 bridgehead atoms. The lowest BCUT2D eigenvalue weighted by Gasteiger charge is -2.35. The summed E-state index contributed by atoms with van der Waals surface area (Å²) in [7, 11) is 0. The summed E-state index contributed by atoms with van der Waals surface area (Å²) in [4.78, 5) is 13.1. The zero-order valence-corrected chi connectivity index (χ0v) is 17.6. The van der Waals surface area contributed by atoms with Crippen molar-refractivity contribution in [3.63, 3.8) is 0 Å². The third-order valence-corrected chi connectivity index (χ3v) is 4.90. The van der Waals surface area contributed by atoms with Gasteiger partial charge in [0.2, 0.25) is 0 Å². The van der Waals surface area contributed by atoms with Gasteiger partial charge >= 0.3 is 0 Å². The van der Waals surface area contributed by atoms with Crippen LogP contribution in [0.25, 0.3) is 0 Å². The van der Waals surface area contributed by atoms with Crippen LogP contribution < -0.4 is 15.4 Å². The number of aliphatic imine (C=N–C) groups is 1. The van der Waals surface area contributed by atoms with Crippen LogP contribution in [0.4, 0.5) is 5.13 Å². The molecule has 2 N–H and O–H groups in total. The number of halogens is 2. The van der Waals surface area contributed by atoms with Gasteiger partial charge in [0.1, 0.15) is 12.4 Å². The first-order chi connectivity index (χ1) is 11.7. The van der Waals surface area contributed by atoms with Gasteiger partial charge in [-0.05, 0) is 12.1 Å². The van der Waals surface area contributed by atoms with Gasteiger partial charge in [-0.1, -0.05) is 23.7 Å². The Morgan fingerprint density at radius 3 is 2.72 bits per heavy atom. The van der Waals surface area contributed by atoms with Crippen molar-refractivity contribution >= 4 is 58.0 Å². The van der Waals surface area contributed by atoms with E-state index >= 15 is 0 Å². The Balaban J connectivity index is 0.00000225. The van der Waals surface area contributed by atoms with Crippen LogP contribution in [0, 0.1) is 0 Å². The number of nitrogens with two attached hydrogens (primary N) is 1. The van der Waals surface area contributed by atoms with Gasteiger partial charge in [0.05, 0.1) is 11.6 Å². The molecule has 0 atom stereocenters. The second kappa shape index (κ2) is 10.0. The SMILES string of the molecule is I.NC(=NCCOc1ccccc1Cl)N1CCN(c2nccs2)CC1. The monoisotopic (exact) mass is 493 g/mol. The van der Waals surface area contributed by atoms with E-state index in [1.807, 2.05) is 29.8 Å². The molecule has 25 heavy (non-hydrogen) atoms. The highest BCUT2D eigenvalue weighted by Gasteiger charge is 2.19. The number of rotatable bonds is 5. The Morgan fingerprint density at radius 1 is 1.28 bits per heavy atom. The highest BCUT2D eigenvalue weighted by molar-refractivity contribution is 14.0. The summed E-state index contributed by atoms with van der Waals surface area (Å²) < 4.78 is 5.61. The van der Waals surface area contributed by atoms with Crippen LogP contribution in [-0.2, 0) is 0 Å². The summed E-state index contributed by atoms with van der Waals surface area (Å²) >= 11 is 7.70. The van der Waals surface area contributed by atoms with E-state index in [-0.39, 0.29) is 24.0 Å². The second-order valence-corrected chi connectivity index (χ2v) is 6.59. The van der Waals surface area contributed by atoms with Crippen molar-refractivity contribution in [1.29, 1.82) is 0 Å². The minimum Gasteiger partial charge on any atom is -0.490 e. The summed E-state index contributed by atoms with van der Waals surface area (Å²) in [5.74, 6) is 1.24. The molecule has 0 amide bonds. The van der Waals surface area contributed by atoms with Gasteiger partial charge in [-0.25, -0.2) is 9.98 Å². The standard InChI is InChI=1S/C16H20ClN5OS.HI/c17-13-3-1-2-4-14(13)23-11-5-19-15(18)21-7-9-22(10-8-21)16-20-6-12-24-16;/h1-4,6,12H,5,7-11H2,(H2,18,19);1H. The van der Waals surface area contributed by atoms with Gasteiger partial charge in [-0.2, -0.15) is 0 Å². The maximum Gasteiger partial charge on any atom is 0.191 e. The van der Waals surface area contributed by atoms with E-state index in [4.69, 9.17) is 22.1 Å². The van der Waals surface area contributed by atoms with E-state index in [0.717, 1.165) is 31.3 Å². The molecule has 0 aliphatic carbocycles. The summed E-state index contributed by atoms with van der Waals surface area (Å²) in [6.07, 6.45) is 1.83. The molecule has 9 heteroatoms. The smallest absolute Gasteiger partial charge is 0.191 e. The molecule has 6 nitrogen and oxygen atoms in total. The van der Waals surface area contributed by atoms with E-state index in [0.29, 0.717) is 29.9 Å². The molecular weight excluding hydrogens is 473 g/mol. The predicted octanol–water partition coefficient (Wildman–Crippen LogP) is 2.93. The Hall–Kier alpha value is -1.26. The zero-order chi connectivity index (χ0) is 16.8. The zero-order valence-electron chi connectivity index (χ0n) is 13.7. The summed E-state index contributed by atoms with van der Waals surface area (Å²) in [5.41, 5.74) is 6.08. The van der Waals surface area contributed by atoms with E-state index in [1.54, 1.807) is 17.4 Å². The summed E-state index contributed by atoms with van der Waals surface area (Å²) in [5, 5.41) is 3.67. The molecule has 0 radical (unpaired) electrons. The second-order valence-electron chi connectivity index (χ2n) is 5.31. The van der Waals surface area contributed by atoms with Gasteiger partial charge in [-0.3, -0.25) is 0 Å². The van der Waals surface area contributed by atoms with Gasteiger partial charge in [-0.15, -0.1) is 35.3 Å². The number of piperazine rings is 1. The number of para-hydroxylation sites is 1. The van der Waals surface area contributed by atoms with Crippen molar-refractivity contribution in [1.82, 2.24) is 9.88 Å². The highest BCUT2D eigenvalue weighted by atomic mass is 127. The minimum absolute atomic E-state index is 0. The third kappa shape index (κ3) is 5.61. The number of ether oxygens (including phenoxy) is 1. The molecule has 0 saturated carbocycles. The Labute approximate surface area is 173 Å². The number of nitrogens with zero attached hydrogens (tertiary/aromatic N) is 4. The molecule has 1 aromatic heterocycles. The van der Waals surface area contributed by atoms with Crippen LogP contribution in [0.2, 0.25) is 5.02 Å².